The largest absolute Gasteiger partial charge is 0.477 e. The molecule has 0 aromatic rings. The van der Waals surface area contributed by atoms with Crippen LogP contribution in [-0.4, -0.2) is 73.8 Å². The smallest absolute Gasteiger partial charge is 0.352 e. The molecule has 0 saturated carbocycles. The molecular formula is C15H21N3O5S. The first-order chi connectivity index (χ1) is 11.3. The van der Waals surface area contributed by atoms with Gasteiger partial charge in [0.1, 0.15) is 11.5 Å². The zero-order valence-electron chi connectivity index (χ0n) is 13.6. The maximum absolute atomic E-state index is 12.2. The highest BCUT2D eigenvalue weighted by Crippen LogP contribution is 2.44. The van der Waals surface area contributed by atoms with Gasteiger partial charge < -0.3 is 20.4 Å². The van der Waals surface area contributed by atoms with Crippen molar-refractivity contribution in [2.24, 2.45) is 10.9 Å². The Kier molecular flexibility index (Phi) is 4.48. The molecule has 3 N–H and O–H groups in total. The first kappa shape index (κ1) is 17.1. The predicted molar refractivity (Wildman–Crippen MR) is 87.9 cm³/mol. The van der Waals surface area contributed by atoms with E-state index >= 15 is 0 Å². The maximum atomic E-state index is 12.2. The fourth-order valence-corrected chi connectivity index (χ4v) is 4.34. The average Bonchev–Trinajstić information content (AvgIpc) is 3.01. The second-order valence-corrected chi connectivity index (χ2v) is 7.99. The lowest BCUT2D eigenvalue weighted by atomic mass is 9.82. The van der Waals surface area contributed by atoms with Gasteiger partial charge in [-0.05, 0) is 25.3 Å². The number of amidine groups is 1. The molecule has 1 fully saturated rings. The summed E-state index contributed by atoms with van der Waals surface area (Å²) in [6.07, 6.45) is 1.76. The molecule has 5 atom stereocenters. The van der Waals surface area contributed by atoms with Gasteiger partial charge >= 0.3 is 5.97 Å². The van der Waals surface area contributed by atoms with E-state index in [4.69, 9.17) is 0 Å². The molecule has 0 spiro atoms. The van der Waals surface area contributed by atoms with E-state index < -0.39 is 28.8 Å². The van der Waals surface area contributed by atoms with Gasteiger partial charge in [0.2, 0.25) is 5.91 Å². The third kappa shape index (κ3) is 2.86. The summed E-state index contributed by atoms with van der Waals surface area (Å²) in [6, 6.07) is -0.310. The van der Waals surface area contributed by atoms with Crippen LogP contribution in [0.5, 0.6) is 0 Å². The van der Waals surface area contributed by atoms with Crippen LogP contribution >= 0.6 is 0 Å². The molecule has 0 radical (unpaired) electrons. The van der Waals surface area contributed by atoms with Gasteiger partial charge in [-0.25, -0.2) is 4.79 Å². The van der Waals surface area contributed by atoms with Crippen molar-refractivity contribution in [1.29, 1.82) is 0 Å². The van der Waals surface area contributed by atoms with Gasteiger partial charge in [0.05, 0.1) is 36.4 Å². The van der Waals surface area contributed by atoms with Crippen LogP contribution in [0, 0.1) is 5.92 Å². The number of aliphatic carboxylic acids is 1. The number of aliphatic imine (C=N–C) groups is 1. The number of carbonyl (C=O) groups is 2. The monoisotopic (exact) mass is 355 g/mol. The molecule has 1 amide bonds. The van der Waals surface area contributed by atoms with Crippen molar-refractivity contribution in [2.75, 3.05) is 18.6 Å². The van der Waals surface area contributed by atoms with Crippen molar-refractivity contribution in [2.45, 2.75) is 38.0 Å². The summed E-state index contributed by atoms with van der Waals surface area (Å²) < 4.78 is 11.3. The minimum atomic E-state index is -1.11. The molecule has 8 nitrogen and oxygen atoms in total. The number of nitrogens with zero attached hydrogens (tertiary/aromatic N) is 2. The normalized spacial score (nSPS) is 31.3. The van der Waals surface area contributed by atoms with Gasteiger partial charge in [-0.15, -0.1) is 0 Å². The highest BCUT2D eigenvalue weighted by Gasteiger charge is 2.56. The minimum absolute atomic E-state index is 0.0493. The van der Waals surface area contributed by atoms with Crippen LogP contribution < -0.4 is 5.32 Å². The highest BCUT2D eigenvalue weighted by molar-refractivity contribution is 7.85. The Morgan fingerprint density at radius 3 is 2.83 bits per heavy atom. The highest BCUT2D eigenvalue weighted by atomic mass is 32.2. The minimum Gasteiger partial charge on any atom is -0.477 e. The lowest BCUT2D eigenvalue weighted by Crippen LogP contribution is -2.61. The summed E-state index contributed by atoms with van der Waals surface area (Å²) in [6.45, 7) is 2.06. The Balaban J connectivity index is 1.71. The van der Waals surface area contributed by atoms with E-state index in [0.29, 0.717) is 36.5 Å². The van der Waals surface area contributed by atoms with Crippen molar-refractivity contribution in [3.63, 3.8) is 0 Å². The summed E-state index contributed by atoms with van der Waals surface area (Å²) in [4.78, 5) is 29.4. The molecule has 1 saturated heterocycles. The first-order valence-corrected chi connectivity index (χ1v) is 9.58. The summed E-state index contributed by atoms with van der Waals surface area (Å²) in [5, 5.41) is 22.4. The number of aliphatic hydroxyl groups excluding tert-OH is 1. The van der Waals surface area contributed by atoms with Crippen molar-refractivity contribution in [3.8, 4) is 0 Å². The molecule has 0 aliphatic carbocycles. The maximum Gasteiger partial charge on any atom is 0.352 e. The van der Waals surface area contributed by atoms with Crippen LogP contribution in [0.4, 0.5) is 0 Å². The third-order valence-electron chi connectivity index (χ3n) is 4.73. The van der Waals surface area contributed by atoms with Crippen molar-refractivity contribution < 1.29 is 24.0 Å². The zero-order chi connectivity index (χ0) is 17.6. The number of fused-ring (bicyclic) bond motifs is 1. The predicted octanol–water partition coefficient (Wildman–Crippen LogP) is -0.924. The second kappa shape index (κ2) is 6.29. The molecule has 3 aliphatic heterocycles. The van der Waals surface area contributed by atoms with Crippen molar-refractivity contribution in [3.05, 3.63) is 11.3 Å². The van der Waals surface area contributed by atoms with E-state index in [-0.39, 0.29) is 23.7 Å². The molecule has 0 aromatic heterocycles. The number of carboxylic acids is 1. The fourth-order valence-electron chi connectivity index (χ4n) is 3.78. The van der Waals surface area contributed by atoms with Gasteiger partial charge in [0.25, 0.3) is 0 Å². The number of rotatable bonds is 6. The van der Waals surface area contributed by atoms with Crippen LogP contribution in [0.15, 0.2) is 16.3 Å². The van der Waals surface area contributed by atoms with E-state index in [1.54, 1.807) is 13.2 Å². The van der Waals surface area contributed by atoms with E-state index in [2.05, 4.69) is 10.3 Å². The number of hydrogen-bond acceptors (Lipinski definition) is 6. The van der Waals surface area contributed by atoms with Gasteiger partial charge in [0, 0.05) is 17.1 Å². The Hall–Kier alpha value is -1.74. The van der Waals surface area contributed by atoms with E-state index in [0.717, 1.165) is 0 Å². The number of amides is 1. The Bertz CT molecular complexity index is 672. The Morgan fingerprint density at radius 1 is 1.54 bits per heavy atom. The molecule has 9 heteroatoms. The van der Waals surface area contributed by atoms with Crippen LogP contribution in [0.2, 0.25) is 0 Å². The summed E-state index contributed by atoms with van der Waals surface area (Å²) >= 11 is 0. The second-order valence-electron chi connectivity index (χ2n) is 6.55. The number of carboxylic acid groups (broad SMARTS) is 1. The molecule has 1 unspecified atom stereocenters. The fraction of sp³-hybridized carbons (Fsp3) is 0.667. The Labute approximate surface area is 142 Å². The van der Waals surface area contributed by atoms with Crippen molar-refractivity contribution >= 4 is 28.5 Å². The van der Waals surface area contributed by atoms with Gasteiger partial charge in [0.15, 0.2) is 0 Å². The first-order valence-electron chi connectivity index (χ1n) is 7.86. The SMILES string of the molecule is C[C@@H](O)[C@H]1C(=O)N2C(C(=O)O)=C(C[C@@H]3CN=C(CS(C)=O)N3)C[C@H]12. The number of β-lactam (4-membered cyclic amide) rings is 1. The standard InChI is InChI=1S/C15H21N3O5S/c1-7(19)12-10-4-8(13(15(21)22)18(10)14(12)20)3-9-5-16-11(17-9)6-24(2)23/h7,9-10,12,19H,3-6H2,1-2H3,(H,16,17)(H,21,22)/t7-,9-,10-,12-,24?/m1/s1. The lowest BCUT2D eigenvalue weighted by molar-refractivity contribution is -0.161. The summed E-state index contributed by atoms with van der Waals surface area (Å²) in [5.41, 5.74) is 0.756. The van der Waals surface area contributed by atoms with Crippen molar-refractivity contribution in [1.82, 2.24) is 10.2 Å². The van der Waals surface area contributed by atoms with Crippen LogP contribution in [0.1, 0.15) is 19.8 Å². The summed E-state index contributed by atoms with van der Waals surface area (Å²) in [7, 11) is -0.985. The molecule has 132 valence electrons. The topological polar surface area (TPSA) is 119 Å². The molecule has 3 rings (SSSR count). The molecule has 3 aliphatic rings. The van der Waals surface area contributed by atoms with E-state index in [1.807, 2.05) is 0 Å². The molecule has 3 heterocycles. The molecule has 0 bridgehead atoms. The van der Waals surface area contributed by atoms with Crippen LogP contribution in [-0.2, 0) is 20.4 Å². The number of aliphatic hydroxyl groups is 1. The number of nitrogens with one attached hydrogen (secondary N) is 1. The third-order valence-corrected chi connectivity index (χ3v) is 5.41. The number of hydrogen-bond donors (Lipinski definition) is 3. The van der Waals surface area contributed by atoms with Gasteiger partial charge in [-0.3, -0.25) is 14.0 Å². The van der Waals surface area contributed by atoms with Crippen LogP contribution in [0.3, 0.4) is 0 Å². The molecular weight excluding hydrogens is 334 g/mol. The van der Waals surface area contributed by atoms with Gasteiger partial charge in [-0.2, -0.15) is 0 Å². The molecule has 0 aromatic carbocycles. The molecule has 24 heavy (non-hydrogen) atoms. The number of carbonyl (C=O) groups excluding carboxylic acids is 1. The van der Waals surface area contributed by atoms with E-state index in [9.17, 15) is 24.0 Å². The lowest BCUT2D eigenvalue weighted by Gasteiger charge is -2.44. The average molecular weight is 355 g/mol. The van der Waals surface area contributed by atoms with Gasteiger partial charge in [-0.1, -0.05) is 0 Å². The quantitative estimate of drug-likeness (QED) is 0.530. The van der Waals surface area contributed by atoms with E-state index in [1.165, 1.54) is 4.90 Å². The van der Waals surface area contributed by atoms with Crippen LogP contribution in [0.25, 0.3) is 0 Å². The Morgan fingerprint density at radius 2 is 2.25 bits per heavy atom. The zero-order valence-corrected chi connectivity index (χ0v) is 14.4. The summed E-state index contributed by atoms with van der Waals surface area (Å²) in [5.74, 6) is -0.919.